The monoisotopic (exact) mass is 1020 g/mol. The first-order valence-electron chi connectivity index (χ1n) is 25.5. The van der Waals surface area contributed by atoms with E-state index in [1.54, 1.807) is 97.0 Å². The number of nitrogens with one attached hydrogen (secondary N) is 7. The number of likely N-dealkylation sites (tertiary alicyclic amines) is 1. The van der Waals surface area contributed by atoms with E-state index in [2.05, 4.69) is 37.2 Å². The summed E-state index contributed by atoms with van der Waals surface area (Å²) in [4.78, 5) is 125. The number of benzene rings is 2. The van der Waals surface area contributed by atoms with Gasteiger partial charge in [0, 0.05) is 19.4 Å². The van der Waals surface area contributed by atoms with Crippen molar-refractivity contribution in [3.63, 3.8) is 0 Å². The highest BCUT2D eigenvalue weighted by atomic mass is 16.6. The third-order valence-electron chi connectivity index (χ3n) is 12.1. The van der Waals surface area contributed by atoms with Crippen molar-refractivity contribution in [1.82, 2.24) is 42.1 Å². The van der Waals surface area contributed by atoms with Gasteiger partial charge in [0.25, 0.3) is 0 Å². The molecule has 1 fully saturated rings. The molecule has 0 unspecified atom stereocenters. The molecule has 1 aliphatic heterocycles. The molecule has 2 aromatic rings. The van der Waals surface area contributed by atoms with Gasteiger partial charge in [-0.05, 0) is 88.2 Å². The molecule has 404 valence electrons. The van der Waals surface area contributed by atoms with E-state index in [9.17, 15) is 43.2 Å². The van der Waals surface area contributed by atoms with E-state index in [-0.39, 0.29) is 56.4 Å². The number of hydrogen-bond acceptors (Lipinski definition) is 11. The Bertz CT molecular complexity index is 2180. The van der Waals surface area contributed by atoms with E-state index in [1.165, 1.54) is 18.9 Å². The third kappa shape index (κ3) is 20.1. The standard InChI is InChI=1S/C54H82N8O11/c1-31(2)27-38(46(64)57-41(30-37-23-18-15-19-24-37)49(67)61-44(34(7)8)52(70)72-13)56-45(63)35(9)55-50(68)42-25-20-26-62(42)51(69)43(33(5)6)60-48(66)40(29-36-21-16-14-17-22-36)58-47(65)39(28-32(3)4)59-53(71)73-54(10,11)12/h14-19,21-24,31-35,38-44H,20,25-30H2,1-13H3,(H,55,68)(H,56,63)(H,57,64)(H,58,65)(H,59,71)(H,60,66)(H,61,67)/t35-,38-,39-,40-,41-,42+,43-,44-/m0/s1. The zero-order valence-corrected chi connectivity index (χ0v) is 45.1. The molecule has 1 heterocycles. The number of carbonyl (C=O) groups excluding carboxylic acids is 9. The van der Waals surface area contributed by atoms with E-state index in [0.717, 1.165) is 11.1 Å². The van der Waals surface area contributed by atoms with Crippen LogP contribution in [0.2, 0.25) is 0 Å². The molecule has 19 heteroatoms. The minimum absolute atomic E-state index is 0.0174. The zero-order chi connectivity index (χ0) is 54.7. The number of nitrogens with zero attached hydrogens (tertiary/aromatic N) is 1. The van der Waals surface area contributed by atoms with Gasteiger partial charge in [-0.2, -0.15) is 0 Å². The summed E-state index contributed by atoms with van der Waals surface area (Å²) in [5, 5.41) is 19.3. The highest BCUT2D eigenvalue weighted by Gasteiger charge is 2.41. The lowest BCUT2D eigenvalue weighted by molar-refractivity contribution is -0.146. The van der Waals surface area contributed by atoms with Gasteiger partial charge < -0.3 is 51.6 Å². The molecular weight excluding hydrogens is 937 g/mol. The maximum atomic E-state index is 14.4. The van der Waals surface area contributed by atoms with Gasteiger partial charge in [0.05, 0.1) is 7.11 Å². The molecule has 0 aliphatic carbocycles. The summed E-state index contributed by atoms with van der Waals surface area (Å²) in [6.07, 6.45) is 0.520. The Morgan fingerprint density at radius 1 is 0.562 bits per heavy atom. The molecular formula is C54H82N8O11. The summed E-state index contributed by atoms with van der Waals surface area (Å²) in [5.74, 6) is -5.89. The number of carbonyl (C=O) groups is 9. The van der Waals surface area contributed by atoms with Crippen molar-refractivity contribution < 1.29 is 52.6 Å². The first-order valence-corrected chi connectivity index (χ1v) is 25.5. The van der Waals surface area contributed by atoms with E-state index < -0.39 is 113 Å². The fourth-order valence-corrected chi connectivity index (χ4v) is 8.32. The van der Waals surface area contributed by atoms with Crippen molar-refractivity contribution in [3.05, 3.63) is 71.8 Å². The molecule has 0 aromatic heterocycles. The van der Waals surface area contributed by atoms with Crippen molar-refractivity contribution in [2.75, 3.05) is 13.7 Å². The summed E-state index contributed by atoms with van der Waals surface area (Å²) in [5.41, 5.74) is 0.649. The van der Waals surface area contributed by atoms with Gasteiger partial charge in [0.1, 0.15) is 53.9 Å². The number of rotatable bonds is 25. The Hall–Kier alpha value is -6.53. The average Bonchev–Trinajstić information content (AvgIpc) is 3.81. The van der Waals surface area contributed by atoms with Crippen molar-refractivity contribution in [1.29, 1.82) is 0 Å². The van der Waals surface area contributed by atoms with Crippen molar-refractivity contribution in [2.24, 2.45) is 23.7 Å². The molecule has 19 nitrogen and oxygen atoms in total. The van der Waals surface area contributed by atoms with Crippen LogP contribution in [0.4, 0.5) is 4.79 Å². The predicted octanol–water partition coefficient (Wildman–Crippen LogP) is 3.86. The Balaban J connectivity index is 1.79. The first-order chi connectivity index (χ1) is 34.2. The fraction of sp³-hybridized carbons (Fsp3) is 0.611. The SMILES string of the molecule is COC(=O)[C@@H](NC(=O)[C@H](Cc1ccccc1)NC(=O)[C@H](CC(C)C)NC(=O)[C@H](C)NC(=O)[C@H]1CCCN1C(=O)[C@@H](NC(=O)[C@H](Cc1ccccc1)NC(=O)[C@H](CC(C)C)NC(=O)OC(C)(C)C)C(C)C)C(C)C. The van der Waals surface area contributed by atoms with Crippen LogP contribution in [0.3, 0.4) is 0 Å². The molecule has 0 saturated carbocycles. The molecule has 0 bridgehead atoms. The topological polar surface area (TPSA) is 260 Å². The first kappa shape index (κ1) is 60.8. The van der Waals surface area contributed by atoms with Crippen LogP contribution >= 0.6 is 0 Å². The maximum absolute atomic E-state index is 14.4. The van der Waals surface area contributed by atoms with Crippen molar-refractivity contribution >= 4 is 53.4 Å². The highest BCUT2D eigenvalue weighted by molar-refractivity contribution is 5.98. The maximum Gasteiger partial charge on any atom is 0.408 e. The number of ether oxygens (including phenoxy) is 2. The lowest BCUT2D eigenvalue weighted by Crippen LogP contribution is -2.61. The molecule has 73 heavy (non-hydrogen) atoms. The number of hydrogen-bond donors (Lipinski definition) is 7. The quantitative estimate of drug-likeness (QED) is 0.0703. The van der Waals surface area contributed by atoms with E-state index >= 15 is 0 Å². The third-order valence-corrected chi connectivity index (χ3v) is 12.1. The molecule has 1 aliphatic rings. The highest BCUT2D eigenvalue weighted by Crippen LogP contribution is 2.22. The fourth-order valence-electron chi connectivity index (χ4n) is 8.32. The van der Waals surface area contributed by atoms with Gasteiger partial charge in [-0.1, -0.05) is 116 Å². The molecule has 7 N–H and O–H groups in total. The molecule has 8 amide bonds. The number of alkyl carbamates (subject to hydrolysis) is 1. The number of methoxy groups -OCH3 is 1. The largest absolute Gasteiger partial charge is 0.467 e. The number of amides is 8. The van der Waals surface area contributed by atoms with E-state index in [0.29, 0.717) is 6.42 Å². The Morgan fingerprint density at radius 3 is 1.41 bits per heavy atom. The smallest absolute Gasteiger partial charge is 0.408 e. The van der Waals surface area contributed by atoms with Gasteiger partial charge >= 0.3 is 12.1 Å². The van der Waals surface area contributed by atoms with Gasteiger partial charge in [-0.15, -0.1) is 0 Å². The summed E-state index contributed by atoms with van der Waals surface area (Å²) in [7, 11) is 1.22. The molecule has 8 atom stereocenters. The van der Waals surface area contributed by atoms with Crippen LogP contribution in [0.15, 0.2) is 60.7 Å². The Morgan fingerprint density at radius 2 is 0.986 bits per heavy atom. The van der Waals surface area contributed by atoms with Crippen LogP contribution in [-0.2, 0) is 60.7 Å². The summed E-state index contributed by atoms with van der Waals surface area (Å²) >= 11 is 0. The molecule has 3 rings (SSSR count). The minimum Gasteiger partial charge on any atom is -0.467 e. The summed E-state index contributed by atoms with van der Waals surface area (Å²) in [6, 6.07) is 9.27. The van der Waals surface area contributed by atoms with Gasteiger partial charge in [0.2, 0.25) is 41.4 Å². The van der Waals surface area contributed by atoms with Gasteiger partial charge in [-0.3, -0.25) is 33.6 Å². The van der Waals surface area contributed by atoms with Gasteiger partial charge in [-0.25, -0.2) is 9.59 Å². The lowest BCUT2D eigenvalue weighted by atomic mass is 9.99. The second-order valence-corrected chi connectivity index (χ2v) is 21.4. The van der Waals surface area contributed by atoms with Crippen LogP contribution in [0.1, 0.15) is 120 Å². The van der Waals surface area contributed by atoms with Crippen LogP contribution in [0.5, 0.6) is 0 Å². The summed E-state index contributed by atoms with van der Waals surface area (Å²) < 4.78 is 10.3. The van der Waals surface area contributed by atoms with Crippen LogP contribution in [0, 0.1) is 23.7 Å². The number of esters is 1. The summed E-state index contributed by atoms with van der Waals surface area (Å²) in [6.45, 7) is 21.3. The second-order valence-electron chi connectivity index (χ2n) is 21.4. The second kappa shape index (κ2) is 28.6. The van der Waals surface area contributed by atoms with E-state index in [1.807, 2.05) is 39.8 Å². The van der Waals surface area contributed by atoms with E-state index in [4.69, 9.17) is 9.47 Å². The molecule has 2 aromatic carbocycles. The molecule has 0 radical (unpaired) electrons. The average molecular weight is 1020 g/mol. The van der Waals surface area contributed by atoms with Gasteiger partial charge in [0.15, 0.2) is 0 Å². The van der Waals surface area contributed by atoms with Crippen LogP contribution < -0.4 is 37.2 Å². The lowest BCUT2D eigenvalue weighted by Gasteiger charge is -2.32. The Kier molecular flexibility index (Phi) is 23.8. The zero-order valence-electron chi connectivity index (χ0n) is 45.1. The minimum atomic E-state index is -1.17. The van der Waals surface area contributed by atoms with Crippen molar-refractivity contribution in [2.45, 2.75) is 176 Å². The Labute approximate surface area is 431 Å². The predicted molar refractivity (Wildman–Crippen MR) is 276 cm³/mol. The molecule has 0 spiro atoms. The van der Waals surface area contributed by atoms with Crippen LogP contribution in [0.25, 0.3) is 0 Å². The molecule has 1 saturated heterocycles. The van der Waals surface area contributed by atoms with Crippen LogP contribution in [-0.4, -0.2) is 126 Å². The van der Waals surface area contributed by atoms with Crippen molar-refractivity contribution in [3.8, 4) is 0 Å². The normalized spacial score (nSPS) is 16.5.